The van der Waals surface area contributed by atoms with Crippen molar-refractivity contribution >= 4 is 40.0 Å². The number of nitrogens with zero attached hydrogens (tertiary/aromatic N) is 2. The van der Waals surface area contributed by atoms with Gasteiger partial charge in [0, 0.05) is 34.3 Å². The van der Waals surface area contributed by atoms with Crippen molar-refractivity contribution in [2.24, 2.45) is 0 Å². The number of rotatable bonds is 5. The molecule has 37 heavy (non-hydrogen) atoms. The predicted molar refractivity (Wildman–Crippen MR) is 137 cm³/mol. The van der Waals surface area contributed by atoms with E-state index in [0.717, 1.165) is 22.1 Å². The van der Waals surface area contributed by atoms with Crippen molar-refractivity contribution < 1.29 is 22.4 Å². The minimum Gasteiger partial charge on any atom is -0.458 e. The third-order valence-electron chi connectivity index (χ3n) is 5.79. The lowest BCUT2D eigenvalue weighted by atomic mass is 10.0. The van der Waals surface area contributed by atoms with Crippen LogP contribution in [-0.4, -0.2) is 11.0 Å². The van der Waals surface area contributed by atoms with E-state index in [1.165, 1.54) is 17.3 Å². The van der Waals surface area contributed by atoms with Crippen molar-refractivity contribution in [2.45, 2.75) is 13.5 Å². The van der Waals surface area contributed by atoms with Crippen molar-refractivity contribution in [3.05, 3.63) is 113 Å². The highest BCUT2D eigenvalue weighted by Gasteiger charge is 2.25. The Morgan fingerprint density at radius 1 is 1.03 bits per heavy atom. The summed E-state index contributed by atoms with van der Waals surface area (Å²) in [5, 5.41) is 3.61. The standard InChI is InChI=1S/C28H19ClF3N3O2/c1-16-4-9-24-21(11-16)26(17-5-7-18(29)8-6-17)25(37-24)15-35(20-3-2-10-33-14-20)28(36)34-27-22(31)12-19(30)13-23(27)32/h2-14H,15H2,1H3,(H,34,36). The first-order valence-electron chi connectivity index (χ1n) is 11.2. The van der Waals surface area contributed by atoms with Crippen molar-refractivity contribution in [1.82, 2.24) is 4.98 Å². The summed E-state index contributed by atoms with van der Waals surface area (Å²) in [6.45, 7) is 1.85. The molecule has 0 atom stereocenters. The maximum Gasteiger partial charge on any atom is 0.326 e. The van der Waals surface area contributed by atoms with E-state index in [0.29, 0.717) is 34.2 Å². The molecular formula is C28H19ClF3N3O2. The molecule has 0 spiro atoms. The monoisotopic (exact) mass is 521 g/mol. The van der Waals surface area contributed by atoms with Gasteiger partial charge in [0.05, 0.1) is 18.4 Å². The molecule has 0 saturated carbocycles. The van der Waals surface area contributed by atoms with Crippen LogP contribution in [0.4, 0.5) is 29.3 Å². The minimum atomic E-state index is -1.24. The second-order valence-electron chi connectivity index (χ2n) is 8.38. The molecule has 1 N–H and O–H groups in total. The van der Waals surface area contributed by atoms with Gasteiger partial charge in [0.2, 0.25) is 0 Å². The average Bonchev–Trinajstić information content (AvgIpc) is 3.22. The highest BCUT2D eigenvalue weighted by Crippen LogP contribution is 2.37. The summed E-state index contributed by atoms with van der Waals surface area (Å²) in [5.41, 5.74) is 2.76. The minimum absolute atomic E-state index is 0.104. The number of amides is 2. The largest absolute Gasteiger partial charge is 0.458 e. The molecule has 0 radical (unpaired) electrons. The zero-order chi connectivity index (χ0) is 26.1. The zero-order valence-electron chi connectivity index (χ0n) is 19.4. The Hall–Kier alpha value is -4.30. The SMILES string of the molecule is Cc1ccc2oc(CN(C(=O)Nc3c(F)cc(F)cc3F)c3cccnc3)c(-c3ccc(Cl)cc3)c2c1. The fourth-order valence-corrected chi connectivity index (χ4v) is 4.21. The van der Waals surface area contributed by atoms with Crippen LogP contribution in [-0.2, 0) is 6.54 Å². The smallest absolute Gasteiger partial charge is 0.326 e. The molecule has 0 aliphatic rings. The maximum atomic E-state index is 14.3. The summed E-state index contributed by atoms with van der Waals surface area (Å²) in [7, 11) is 0. The number of urea groups is 1. The molecule has 3 aromatic carbocycles. The van der Waals surface area contributed by atoms with Crippen LogP contribution in [0.15, 0.2) is 83.5 Å². The molecule has 0 fully saturated rings. The van der Waals surface area contributed by atoms with E-state index in [4.69, 9.17) is 16.0 Å². The first kappa shape index (κ1) is 24.4. The van der Waals surface area contributed by atoms with E-state index in [2.05, 4.69) is 10.3 Å². The van der Waals surface area contributed by atoms with Gasteiger partial charge in [-0.1, -0.05) is 35.4 Å². The quantitative estimate of drug-likeness (QED) is 0.254. The van der Waals surface area contributed by atoms with Gasteiger partial charge in [0.1, 0.15) is 22.8 Å². The van der Waals surface area contributed by atoms with Crippen molar-refractivity contribution in [1.29, 1.82) is 0 Å². The molecule has 0 aliphatic heterocycles. The average molecular weight is 522 g/mol. The lowest BCUT2D eigenvalue weighted by Crippen LogP contribution is -2.35. The number of hydrogen-bond donors (Lipinski definition) is 1. The van der Waals surface area contributed by atoms with Gasteiger partial charge >= 0.3 is 6.03 Å². The van der Waals surface area contributed by atoms with Crippen LogP contribution in [0.25, 0.3) is 22.1 Å². The van der Waals surface area contributed by atoms with Crippen LogP contribution in [0.3, 0.4) is 0 Å². The number of hydrogen-bond acceptors (Lipinski definition) is 3. The van der Waals surface area contributed by atoms with Gasteiger partial charge in [-0.2, -0.15) is 0 Å². The Balaban J connectivity index is 1.60. The van der Waals surface area contributed by atoms with E-state index in [-0.39, 0.29) is 6.54 Å². The lowest BCUT2D eigenvalue weighted by Gasteiger charge is -2.23. The molecule has 0 aliphatic carbocycles. The van der Waals surface area contributed by atoms with Crippen molar-refractivity contribution in [2.75, 3.05) is 10.2 Å². The van der Waals surface area contributed by atoms with Gasteiger partial charge in [-0.15, -0.1) is 0 Å². The Kier molecular flexibility index (Phi) is 6.58. The summed E-state index contributed by atoms with van der Waals surface area (Å²) in [5.74, 6) is -3.14. The lowest BCUT2D eigenvalue weighted by molar-refractivity contribution is 0.256. The number of aryl methyl sites for hydroxylation is 1. The number of benzene rings is 3. The molecule has 0 bridgehead atoms. The van der Waals surface area contributed by atoms with Crippen LogP contribution in [0.2, 0.25) is 5.02 Å². The molecule has 2 amide bonds. The Bertz CT molecular complexity index is 1580. The molecule has 2 aromatic heterocycles. The number of fused-ring (bicyclic) bond motifs is 1. The highest BCUT2D eigenvalue weighted by atomic mass is 35.5. The number of halogens is 4. The fraction of sp³-hybridized carbons (Fsp3) is 0.0714. The normalized spacial score (nSPS) is 11.1. The summed E-state index contributed by atoms with van der Waals surface area (Å²) >= 11 is 6.10. The molecule has 5 aromatic rings. The molecule has 0 saturated heterocycles. The predicted octanol–water partition coefficient (Wildman–Crippen LogP) is 8.11. The molecule has 9 heteroatoms. The van der Waals surface area contributed by atoms with Gasteiger partial charge in [-0.3, -0.25) is 9.88 Å². The summed E-state index contributed by atoms with van der Waals surface area (Å²) in [4.78, 5) is 18.7. The topological polar surface area (TPSA) is 58.4 Å². The second-order valence-corrected chi connectivity index (χ2v) is 8.82. The van der Waals surface area contributed by atoms with Crippen LogP contribution in [0, 0.1) is 24.4 Å². The summed E-state index contributed by atoms with van der Waals surface area (Å²) < 4.78 is 48.2. The third kappa shape index (κ3) is 5.01. The number of carbonyl (C=O) groups excluding carboxylic acids is 1. The number of anilines is 2. The Morgan fingerprint density at radius 3 is 2.43 bits per heavy atom. The van der Waals surface area contributed by atoms with Crippen molar-refractivity contribution in [3.63, 3.8) is 0 Å². The van der Waals surface area contributed by atoms with Gasteiger partial charge in [-0.05, 0) is 48.9 Å². The molecule has 2 heterocycles. The summed E-state index contributed by atoms with van der Waals surface area (Å²) in [6, 6.07) is 16.3. The van der Waals surface area contributed by atoms with Crippen molar-refractivity contribution in [3.8, 4) is 11.1 Å². The van der Waals surface area contributed by atoms with Crippen LogP contribution in [0.1, 0.15) is 11.3 Å². The first-order chi connectivity index (χ1) is 17.8. The molecule has 186 valence electrons. The zero-order valence-corrected chi connectivity index (χ0v) is 20.2. The van der Waals surface area contributed by atoms with Crippen LogP contribution < -0.4 is 10.2 Å². The fourth-order valence-electron chi connectivity index (χ4n) is 4.08. The first-order valence-corrected chi connectivity index (χ1v) is 11.6. The summed E-state index contributed by atoms with van der Waals surface area (Å²) in [6.07, 6.45) is 2.97. The number of pyridine rings is 1. The van der Waals surface area contributed by atoms with Gasteiger partial charge < -0.3 is 9.73 Å². The molecule has 0 unspecified atom stereocenters. The number of carbonyl (C=O) groups is 1. The van der Waals surface area contributed by atoms with E-state index in [1.54, 1.807) is 24.3 Å². The van der Waals surface area contributed by atoms with E-state index < -0.39 is 29.2 Å². The van der Waals surface area contributed by atoms with Gasteiger partial charge in [0.25, 0.3) is 0 Å². The van der Waals surface area contributed by atoms with E-state index in [1.807, 2.05) is 37.3 Å². The molecular weight excluding hydrogens is 503 g/mol. The highest BCUT2D eigenvalue weighted by molar-refractivity contribution is 6.30. The molecule has 5 rings (SSSR count). The Labute approximate surface area is 215 Å². The maximum absolute atomic E-state index is 14.3. The number of furan rings is 1. The number of nitrogens with one attached hydrogen (secondary N) is 1. The third-order valence-corrected chi connectivity index (χ3v) is 6.04. The van der Waals surface area contributed by atoms with E-state index >= 15 is 0 Å². The van der Waals surface area contributed by atoms with E-state index in [9.17, 15) is 18.0 Å². The Morgan fingerprint density at radius 2 is 1.76 bits per heavy atom. The second kappa shape index (κ2) is 9.99. The van der Waals surface area contributed by atoms with Gasteiger partial charge in [0.15, 0.2) is 11.6 Å². The van der Waals surface area contributed by atoms with Crippen LogP contribution >= 0.6 is 11.6 Å². The van der Waals surface area contributed by atoms with Gasteiger partial charge in [-0.25, -0.2) is 18.0 Å². The molecule has 5 nitrogen and oxygen atoms in total. The number of aromatic nitrogens is 1. The van der Waals surface area contributed by atoms with Crippen LogP contribution in [0.5, 0.6) is 0 Å².